The van der Waals surface area contributed by atoms with E-state index in [2.05, 4.69) is 13.8 Å². The molecule has 0 radical (unpaired) electrons. The summed E-state index contributed by atoms with van der Waals surface area (Å²) in [5, 5.41) is 9.50. The van der Waals surface area contributed by atoms with Crippen molar-refractivity contribution in [2.75, 3.05) is 41.0 Å². The number of carboxylic acids is 1. The lowest BCUT2D eigenvalue weighted by atomic mass is 10.1. The molecule has 0 aromatic rings. The molecule has 0 rings (SSSR count). The summed E-state index contributed by atoms with van der Waals surface area (Å²) in [6, 6.07) is -0.604. The zero-order valence-corrected chi connectivity index (χ0v) is 25.8. The Kier molecular flexibility index (Phi) is 23.1. The molecule has 0 amide bonds. The van der Waals surface area contributed by atoms with Crippen LogP contribution in [0.5, 0.6) is 0 Å². The molecule has 0 saturated carbocycles. The highest BCUT2D eigenvalue weighted by molar-refractivity contribution is 5.72. The molecule has 230 valence electrons. The van der Waals surface area contributed by atoms with Crippen LogP contribution >= 0.6 is 0 Å². The van der Waals surface area contributed by atoms with Gasteiger partial charge in [-0.3, -0.25) is 9.59 Å². The Hall–Kier alpha value is -1.67. The first-order valence-corrected chi connectivity index (χ1v) is 15.6. The Morgan fingerprint density at radius 3 is 1.59 bits per heavy atom. The van der Waals surface area contributed by atoms with Gasteiger partial charge < -0.3 is 23.8 Å². The zero-order chi connectivity index (χ0) is 29.4. The van der Waals surface area contributed by atoms with Crippen molar-refractivity contribution >= 4 is 17.9 Å². The van der Waals surface area contributed by atoms with Crippen molar-refractivity contribution < 1.29 is 38.2 Å². The monoisotopic (exact) mass is 558 g/mol. The summed E-state index contributed by atoms with van der Waals surface area (Å²) in [5.74, 6) is -1.48. The van der Waals surface area contributed by atoms with E-state index >= 15 is 0 Å². The Labute approximate surface area is 238 Å². The summed E-state index contributed by atoms with van der Waals surface area (Å²) >= 11 is 0. The molecular formula is C31H60NO7+. The van der Waals surface area contributed by atoms with E-state index in [1.807, 2.05) is 21.1 Å². The number of likely N-dealkylation sites (N-methyl/N-ethyl adjacent to an activating group) is 1. The molecule has 0 fully saturated rings. The van der Waals surface area contributed by atoms with E-state index in [1.165, 1.54) is 57.8 Å². The molecule has 0 saturated heterocycles. The molecule has 39 heavy (non-hydrogen) atoms. The van der Waals surface area contributed by atoms with Crippen LogP contribution in [0.25, 0.3) is 0 Å². The number of aliphatic carboxylic acids is 1. The minimum Gasteiger partial charge on any atom is -0.477 e. The van der Waals surface area contributed by atoms with Crippen LogP contribution in [-0.2, 0) is 28.6 Å². The predicted octanol–water partition coefficient (Wildman–Crippen LogP) is 6.68. The number of carbonyl (C=O) groups excluding carboxylic acids is 2. The minimum absolute atomic E-state index is 0.0454. The zero-order valence-electron chi connectivity index (χ0n) is 25.8. The van der Waals surface area contributed by atoms with E-state index in [0.29, 0.717) is 19.3 Å². The van der Waals surface area contributed by atoms with E-state index in [9.17, 15) is 19.5 Å². The van der Waals surface area contributed by atoms with Crippen LogP contribution in [0.3, 0.4) is 0 Å². The molecule has 8 nitrogen and oxygen atoms in total. The van der Waals surface area contributed by atoms with Crippen LogP contribution in [0.4, 0.5) is 0 Å². The van der Waals surface area contributed by atoms with Gasteiger partial charge in [-0.05, 0) is 12.8 Å². The standard InChI is InChI=1S/C31H59NO7/c1-6-8-10-12-14-16-18-20-22-30(34)39-27(25-37-24-23-28(31(35)36)32(3,4)5)26-38-29(33)21-19-17-15-13-11-9-7-2/h27-28H,6-26H2,1-5H3/p+1. The summed E-state index contributed by atoms with van der Waals surface area (Å²) < 4.78 is 17.0. The highest BCUT2D eigenvalue weighted by Gasteiger charge is 2.31. The van der Waals surface area contributed by atoms with E-state index in [-0.39, 0.29) is 36.2 Å². The largest absolute Gasteiger partial charge is 0.477 e. The van der Waals surface area contributed by atoms with E-state index in [4.69, 9.17) is 14.2 Å². The number of ether oxygens (including phenoxy) is 3. The fourth-order valence-corrected chi connectivity index (χ4v) is 4.50. The topological polar surface area (TPSA) is 99.1 Å². The molecule has 0 aromatic carbocycles. The quantitative estimate of drug-likeness (QED) is 0.0682. The van der Waals surface area contributed by atoms with Gasteiger partial charge in [0, 0.05) is 19.3 Å². The summed E-state index contributed by atoms with van der Waals surface area (Å²) in [6.07, 6.45) is 17.3. The molecule has 0 spiro atoms. The fraction of sp³-hybridized carbons (Fsp3) is 0.903. The van der Waals surface area contributed by atoms with Gasteiger partial charge in [0.2, 0.25) is 0 Å². The van der Waals surface area contributed by atoms with Crippen molar-refractivity contribution in [3.05, 3.63) is 0 Å². The molecule has 0 aromatic heterocycles. The number of nitrogens with zero attached hydrogens (tertiary/aromatic N) is 1. The first-order valence-electron chi connectivity index (χ1n) is 15.6. The lowest BCUT2D eigenvalue weighted by Crippen LogP contribution is -2.50. The number of hydrogen-bond donors (Lipinski definition) is 1. The molecule has 0 aliphatic heterocycles. The van der Waals surface area contributed by atoms with Crippen molar-refractivity contribution in [1.82, 2.24) is 0 Å². The number of rotatable bonds is 27. The molecule has 2 atom stereocenters. The van der Waals surface area contributed by atoms with Crippen LogP contribution in [-0.4, -0.2) is 80.6 Å². The summed E-state index contributed by atoms with van der Waals surface area (Å²) in [6.45, 7) is 4.64. The van der Waals surface area contributed by atoms with Crippen molar-refractivity contribution in [1.29, 1.82) is 0 Å². The van der Waals surface area contributed by atoms with E-state index in [0.717, 1.165) is 38.5 Å². The van der Waals surface area contributed by atoms with Gasteiger partial charge in [0.1, 0.15) is 6.61 Å². The third-order valence-electron chi connectivity index (χ3n) is 7.01. The SMILES string of the molecule is CCCCCCCCCCC(=O)OC(COCCC(C(=O)O)[N+](C)(C)C)COC(=O)CCCCCCCCC. The Morgan fingerprint density at radius 1 is 0.667 bits per heavy atom. The maximum absolute atomic E-state index is 12.5. The number of unbranched alkanes of at least 4 members (excludes halogenated alkanes) is 13. The summed E-state index contributed by atoms with van der Waals surface area (Å²) in [7, 11) is 5.50. The van der Waals surface area contributed by atoms with Crippen molar-refractivity contribution in [3.63, 3.8) is 0 Å². The number of esters is 2. The maximum atomic E-state index is 12.5. The number of quaternary nitrogens is 1. The molecule has 0 heterocycles. The maximum Gasteiger partial charge on any atom is 0.362 e. The minimum atomic E-state index is -0.876. The first-order chi connectivity index (χ1) is 18.6. The first kappa shape index (κ1) is 37.3. The number of carbonyl (C=O) groups is 3. The normalized spacial score (nSPS) is 13.2. The predicted molar refractivity (Wildman–Crippen MR) is 156 cm³/mol. The van der Waals surface area contributed by atoms with Gasteiger partial charge in [-0.25, -0.2) is 4.79 Å². The third kappa shape index (κ3) is 22.8. The van der Waals surface area contributed by atoms with Crippen LogP contribution in [0.2, 0.25) is 0 Å². The summed E-state index contributed by atoms with van der Waals surface area (Å²) in [5.41, 5.74) is 0. The fourth-order valence-electron chi connectivity index (χ4n) is 4.50. The van der Waals surface area contributed by atoms with E-state index < -0.39 is 18.1 Å². The van der Waals surface area contributed by atoms with Gasteiger partial charge in [0.25, 0.3) is 0 Å². The average molecular weight is 559 g/mol. The molecule has 0 aliphatic rings. The highest BCUT2D eigenvalue weighted by Crippen LogP contribution is 2.13. The lowest BCUT2D eigenvalue weighted by molar-refractivity contribution is -0.887. The molecular weight excluding hydrogens is 498 g/mol. The summed E-state index contributed by atoms with van der Waals surface area (Å²) in [4.78, 5) is 36.3. The van der Waals surface area contributed by atoms with Crippen molar-refractivity contribution in [3.8, 4) is 0 Å². The van der Waals surface area contributed by atoms with Crippen LogP contribution in [0.1, 0.15) is 129 Å². The van der Waals surface area contributed by atoms with Crippen LogP contribution in [0, 0.1) is 0 Å². The Morgan fingerprint density at radius 2 is 1.13 bits per heavy atom. The van der Waals surface area contributed by atoms with Gasteiger partial charge in [0.05, 0.1) is 34.4 Å². The number of carboxylic acid groups (broad SMARTS) is 1. The Balaban J connectivity index is 4.52. The van der Waals surface area contributed by atoms with Crippen LogP contribution in [0.15, 0.2) is 0 Å². The van der Waals surface area contributed by atoms with Gasteiger partial charge in [-0.1, -0.05) is 97.3 Å². The average Bonchev–Trinajstić information content (AvgIpc) is 2.86. The van der Waals surface area contributed by atoms with Crippen LogP contribution < -0.4 is 0 Å². The molecule has 0 bridgehead atoms. The molecule has 0 aliphatic carbocycles. The second-order valence-corrected chi connectivity index (χ2v) is 11.7. The lowest BCUT2D eigenvalue weighted by Gasteiger charge is -2.31. The highest BCUT2D eigenvalue weighted by atomic mass is 16.6. The third-order valence-corrected chi connectivity index (χ3v) is 7.01. The second-order valence-electron chi connectivity index (χ2n) is 11.7. The second kappa shape index (κ2) is 24.2. The van der Waals surface area contributed by atoms with Gasteiger partial charge >= 0.3 is 17.9 Å². The molecule has 1 N–H and O–H groups in total. The molecule has 8 heteroatoms. The molecule has 2 unspecified atom stereocenters. The van der Waals surface area contributed by atoms with Crippen molar-refractivity contribution in [2.45, 2.75) is 142 Å². The van der Waals surface area contributed by atoms with E-state index in [1.54, 1.807) is 0 Å². The van der Waals surface area contributed by atoms with Gasteiger partial charge in [-0.2, -0.15) is 0 Å². The Bertz CT molecular complexity index is 633. The smallest absolute Gasteiger partial charge is 0.362 e. The van der Waals surface area contributed by atoms with Gasteiger partial charge in [-0.15, -0.1) is 0 Å². The van der Waals surface area contributed by atoms with Gasteiger partial charge in [0.15, 0.2) is 12.1 Å². The number of hydrogen-bond acceptors (Lipinski definition) is 6. The van der Waals surface area contributed by atoms with Crippen molar-refractivity contribution in [2.24, 2.45) is 0 Å².